The molecule has 0 spiro atoms. The number of amides is 1. The van der Waals surface area contributed by atoms with Crippen LogP contribution in [0.5, 0.6) is 0 Å². The highest BCUT2D eigenvalue weighted by Gasteiger charge is 2.14. The third-order valence-electron chi connectivity index (χ3n) is 3.91. The molecule has 0 bridgehead atoms. The van der Waals surface area contributed by atoms with E-state index in [1.165, 1.54) is 23.5 Å². The molecule has 1 heterocycles. The minimum Gasteiger partial charge on any atom is -0.302 e. The molecule has 1 N–H and O–H groups in total. The van der Waals surface area contributed by atoms with Gasteiger partial charge in [-0.2, -0.15) is 0 Å². The van der Waals surface area contributed by atoms with E-state index in [0.29, 0.717) is 16.4 Å². The lowest BCUT2D eigenvalue weighted by atomic mass is 10.1. The van der Waals surface area contributed by atoms with Gasteiger partial charge >= 0.3 is 0 Å². The second-order valence-electron chi connectivity index (χ2n) is 5.91. The predicted molar refractivity (Wildman–Crippen MR) is 109 cm³/mol. The van der Waals surface area contributed by atoms with Gasteiger partial charge in [-0.15, -0.1) is 11.3 Å². The van der Waals surface area contributed by atoms with Crippen molar-refractivity contribution in [2.45, 2.75) is 19.8 Å². The molecule has 0 aliphatic heterocycles. The molecule has 0 aliphatic rings. The number of hydrogen-bond acceptors (Lipinski definition) is 4. The second-order valence-corrected chi connectivity index (χ2v) is 8.03. The van der Waals surface area contributed by atoms with Crippen molar-refractivity contribution in [1.82, 2.24) is 4.98 Å². The number of aromatic nitrogens is 1. The summed E-state index contributed by atoms with van der Waals surface area (Å²) in [5, 5.41) is 3.20. The van der Waals surface area contributed by atoms with E-state index in [9.17, 15) is 14.0 Å². The van der Waals surface area contributed by atoms with E-state index in [1.807, 2.05) is 6.92 Å². The van der Waals surface area contributed by atoms with Crippen molar-refractivity contribution >= 4 is 44.1 Å². The summed E-state index contributed by atoms with van der Waals surface area (Å²) < 4.78 is 14.0. The molecule has 3 rings (SSSR count). The van der Waals surface area contributed by atoms with Crippen molar-refractivity contribution in [3.8, 4) is 11.3 Å². The number of nitrogens with zero attached hydrogens (tertiary/aromatic N) is 1. The lowest BCUT2D eigenvalue weighted by Gasteiger charge is -2.02. The van der Waals surface area contributed by atoms with Gasteiger partial charge in [-0.25, -0.2) is 9.37 Å². The Hall–Kier alpha value is -2.38. The van der Waals surface area contributed by atoms with E-state index in [0.717, 1.165) is 14.9 Å². The van der Waals surface area contributed by atoms with Gasteiger partial charge in [-0.05, 0) is 43.3 Å². The number of halogens is 2. The Morgan fingerprint density at radius 3 is 2.41 bits per heavy atom. The molecule has 0 radical (unpaired) electrons. The van der Waals surface area contributed by atoms with Crippen molar-refractivity contribution in [2.24, 2.45) is 0 Å². The third kappa shape index (κ3) is 5.08. The van der Waals surface area contributed by atoms with E-state index < -0.39 is 0 Å². The Labute approximate surface area is 168 Å². The Bertz CT molecular complexity index is 969. The number of carbonyl (C=O) groups excluding carboxylic acids is 2. The van der Waals surface area contributed by atoms with Gasteiger partial charge in [0.2, 0.25) is 5.91 Å². The van der Waals surface area contributed by atoms with Gasteiger partial charge in [0.1, 0.15) is 5.82 Å². The maximum Gasteiger partial charge on any atom is 0.226 e. The fourth-order valence-electron chi connectivity index (χ4n) is 2.51. The van der Waals surface area contributed by atoms with Crippen molar-refractivity contribution in [2.75, 3.05) is 5.32 Å². The molecule has 0 saturated carbocycles. The molecule has 1 aromatic heterocycles. The lowest BCUT2D eigenvalue weighted by molar-refractivity contribution is -0.116. The van der Waals surface area contributed by atoms with Gasteiger partial charge in [0.25, 0.3) is 0 Å². The van der Waals surface area contributed by atoms with Gasteiger partial charge in [-0.1, -0.05) is 28.1 Å². The van der Waals surface area contributed by atoms with Crippen molar-refractivity contribution in [3.63, 3.8) is 0 Å². The van der Waals surface area contributed by atoms with Crippen LogP contribution in [0.3, 0.4) is 0 Å². The minimum absolute atomic E-state index is 0.0827. The summed E-state index contributed by atoms with van der Waals surface area (Å²) in [6, 6.07) is 13.1. The predicted octanol–water partition coefficient (Wildman–Crippen LogP) is 5.62. The summed E-state index contributed by atoms with van der Waals surface area (Å²) in [6.45, 7) is 1.89. The monoisotopic (exact) mass is 446 g/mol. The van der Waals surface area contributed by atoms with Gasteiger partial charge < -0.3 is 5.32 Å². The van der Waals surface area contributed by atoms with Crippen LogP contribution in [0.1, 0.15) is 28.1 Å². The topological polar surface area (TPSA) is 59.1 Å². The summed E-state index contributed by atoms with van der Waals surface area (Å²) in [5.74, 6) is -0.657. The van der Waals surface area contributed by atoms with E-state index in [4.69, 9.17) is 0 Å². The Morgan fingerprint density at radius 2 is 1.74 bits per heavy atom. The molecule has 0 saturated heterocycles. The van der Waals surface area contributed by atoms with Crippen LogP contribution >= 0.6 is 27.3 Å². The summed E-state index contributed by atoms with van der Waals surface area (Å²) in [4.78, 5) is 29.6. The Morgan fingerprint density at radius 1 is 1.07 bits per heavy atom. The standard InChI is InChI=1S/C20H16BrFN2O2S/c1-12-19(14-4-8-16(22)9-5-14)24-20(27-12)23-18(26)11-10-17(25)13-2-6-15(21)7-3-13/h2-9H,10-11H2,1H3,(H,23,24,26). The molecule has 138 valence electrons. The van der Waals surface area contributed by atoms with E-state index >= 15 is 0 Å². The molecular formula is C20H16BrFN2O2S. The van der Waals surface area contributed by atoms with E-state index in [-0.39, 0.29) is 30.3 Å². The lowest BCUT2D eigenvalue weighted by Crippen LogP contribution is -2.13. The molecule has 3 aromatic rings. The molecule has 1 amide bonds. The first kappa shape index (κ1) is 19.4. The first-order valence-corrected chi connectivity index (χ1v) is 9.85. The highest BCUT2D eigenvalue weighted by Crippen LogP contribution is 2.30. The number of ketones is 1. The zero-order chi connectivity index (χ0) is 19.4. The number of thiazole rings is 1. The van der Waals surface area contributed by atoms with Crippen molar-refractivity contribution in [3.05, 3.63) is 69.3 Å². The largest absolute Gasteiger partial charge is 0.302 e. The van der Waals surface area contributed by atoms with Gasteiger partial charge in [0.15, 0.2) is 10.9 Å². The summed E-state index contributed by atoms with van der Waals surface area (Å²) in [7, 11) is 0. The number of nitrogens with one attached hydrogen (secondary N) is 1. The van der Waals surface area contributed by atoms with Crippen molar-refractivity contribution in [1.29, 1.82) is 0 Å². The van der Waals surface area contributed by atoms with Gasteiger partial charge in [0, 0.05) is 33.3 Å². The molecule has 0 fully saturated rings. The molecule has 0 unspecified atom stereocenters. The highest BCUT2D eigenvalue weighted by atomic mass is 79.9. The summed E-state index contributed by atoms with van der Waals surface area (Å²) in [5.41, 5.74) is 2.08. The molecule has 0 atom stereocenters. The molecule has 27 heavy (non-hydrogen) atoms. The average molecular weight is 447 g/mol. The normalized spacial score (nSPS) is 10.6. The van der Waals surface area contributed by atoms with Crippen LogP contribution in [-0.2, 0) is 4.79 Å². The van der Waals surface area contributed by atoms with Crippen LogP contribution in [0, 0.1) is 12.7 Å². The third-order valence-corrected chi connectivity index (χ3v) is 5.32. The number of carbonyl (C=O) groups is 2. The Kier molecular flexibility index (Phi) is 6.13. The number of benzene rings is 2. The van der Waals surface area contributed by atoms with Gasteiger partial charge in [-0.3, -0.25) is 9.59 Å². The van der Waals surface area contributed by atoms with Crippen LogP contribution in [0.4, 0.5) is 9.52 Å². The smallest absolute Gasteiger partial charge is 0.226 e. The minimum atomic E-state index is -0.310. The highest BCUT2D eigenvalue weighted by molar-refractivity contribution is 9.10. The summed E-state index contributed by atoms with van der Waals surface area (Å²) >= 11 is 4.67. The molecule has 0 aliphatic carbocycles. The number of anilines is 1. The fraction of sp³-hybridized carbons (Fsp3) is 0.150. The first-order chi connectivity index (χ1) is 12.9. The fourth-order valence-corrected chi connectivity index (χ4v) is 3.63. The zero-order valence-corrected chi connectivity index (χ0v) is 16.9. The van der Waals surface area contributed by atoms with E-state index in [1.54, 1.807) is 36.4 Å². The number of hydrogen-bond donors (Lipinski definition) is 1. The van der Waals surface area contributed by atoms with E-state index in [2.05, 4.69) is 26.2 Å². The molecular weight excluding hydrogens is 431 g/mol. The maximum absolute atomic E-state index is 13.1. The number of aryl methyl sites for hydroxylation is 1. The van der Waals surface area contributed by atoms with Crippen LogP contribution in [0.2, 0.25) is 0 Å². The SMILES string of the molecule is Cc1sc(NC(=O)CCC(=O)c2ccc(Br)cc2)nc1-c1ccc(F)cc1. The molecule has 7 heteroatoms. The molecule has 2 aromatic carbocycles. The number of Topliss-reactive ketones (excluding diaryl/α,β-unsaturated/α-hetero) is 1. The second kappa shape index (κ2) is 8.54. The quantitative estimate of drug-likeness (QED) is 0.499. The number of rotatable bonds is 6. The maximum atomic E-state index is 13.1. The van der Waals surface area contributed by atoms with Gasteiger partial charge in [0.05, 0.1) is 5.69 Å². The first-order valence-electron chi connectivity index (χ1n) is 8.24. The van der Waals surface area contributed by atoms with Crippen molar-refractivity contribution < 1.29 is 14.0 Å². The molecule has 4 nitrogen and oxygen atoms in total. The zero-order valence-electron chi connectivity index (χ0n) is 14.5. The van der Waals surface area contributed by atoms with Crippen LogP contribution in [0.15, 0.2) is 53.0 Å². The average Bonchev–Trinajstić information content (AvgIpc) is 3.01. The Balaban J connectivity index is 1.59. The van der Waals surface area contributed by atoms with Crippen LogP contribution in [-0.4, -0.2) is 16.7 Å². The summed E-state index contributed by atoms with van der Waals surface area (Å²) in [6.07, 6.45) is 0.210. The van der Waals surface area contributed by atoms with Crippen LogP contribution in [0.25, 0.3) is 11.3 Å². The van der Waals surface area contributed by atoms with Crippen LogP contribution < -0.4 is 5.32 Å².